The van der Waals surface area contributed by atoms with Crippen LogP contribution >= 0.6 is 11.6 Å². The zero-order valence-corrected chi connectivity index (χ0v) is 28.2. The second-order valence-electron chi connectivity index (χ2n) is 13.3. The molecular weight excluding hydrogens is 662 g/mol. The molecule has 3 atom stereocenters. The van der Waals surface area contributed by atoms with E-state index in [2.05, 4.69) is 14.9 Å². The third-order valence-electron chi connectivity index (χ3n) is 10.2. The number of aromatic hydroxyl groups is 1. The van der Waals surface area contributed by atoms with Crippen molar-refractivity contribution in [2.45, 2.75) is 43.8 Å². The maximum atomic E-state index is 17.0. The molecule has 2 aromatic heterocycles. The number of amides is 1. The standard InChI is InChI=1S/C38H35ClF2N6O3/c1-45-14-6-9-26(45)21-50-38-43-35-30(18-31(39)33(34(35)41)29-17-27(48)15-22-7-2-3-10-28(22)29)36(44-38)46-19-24-11-12-25(20-46)47(24)37(49)32(40)16-23-8-4-5-13-42-23/h2-5,7-8,10,13,15-18,24-26,48H,6,9,11-12,14,19-21H2,1H3/b32-16-/t24?,25?,26-/m0/s1. The number of likely N-dealkylation sites (N-methyl/N-ethyl adjacent to an activating group) is 1. The number of piperazine rings is 1. The molecule has 9 nitrogen and oxygen atoms in total. The van der Waals surface area contributed by atoms with Crippen molar-refractivity contribution in [3.63, 3.8) is 0 Å². The fourth-order valence-corrected chi connectivity index (χ4v) is 8.05. The van der Waals surface area contributed by atoms with Gasteiger partial charge in [0, 0.05) is 42.4 Å². The van der Waals surface area contributed by atoms with Crippen molar-refractivity contribution in [3.8, 4) is 22.9 Å². The van der Waals surface area contributed by atoms with Crippen LogP contribution in [0.3, 0.4) is 0 Å². The molecule has 3 aliphatic heterocycles. The second-order valence-corrected chi connectivity index (χ2v) is 13.7. The minimum Gasteiger partial charge on any atom is -0.508 e. The van der Waals surface area contributed by atoms with Gasteiger partial charge in [0.2, 0.25) is 0 Å². The quantitative estimate of drug-likeness (QED) is 0.182. The first-order chi connectivity index (χ1) is 24.2. The molecule has 5 aromatic rings. The van der Waals surface area contributed by atoms with Gasteiger partial charge < -0.3 is 24.5 Å². The van der Waals surface area contributed by atoms with Gasteiger partial charge in [0.1, 0.15) is 23.7 Å². The highest BCUT2D eigenvalue weighted by atomic mass is 35.5. The largest absolute Gasteiger partial charge is 0.508 e. The number of fused-ring (bicyclic) bond motifs is 4. The third-order valence-corrected chi connectivity index (χ3v) is 10.5. The molecule has 0 aliphatic carbocycles. The number of hydrogen-bond acceptors (Lipinski definition) is 8. The Balaban J connectivity index is 1.19. The Morgan fingerprint density at radius 2 is 1.82 bits per heavy atom. The van der Waals surface area contributed by atoms with Crippen molar-refractivity contribution < 1.29 is 23.4 Å². The van der Waals surface area contributed by atoms with Crippen LogP contribution in [-0.4, -0.2) is 87.2 Å². The molecule has 3 fully saturated rings. The lowest BCUT2D eigenvalue weighted by atomic mass is 9.96. The number of hydrogen-bond donors (Lipinski definition) is 1. The molecule has 2 bridgehead atoms. The van der Waals surface area contributed by atoms with Crippen LogP contribution in [0.25, 0.3) is 38.9 Å². The van der Waals surface area contributed by atoms with Crippen LogP contribution in [-0.2, 0) is 4.79 Å². The molecule has 2 unspecified atom stereocenters. The number of phenols is 1. The van der Waals surface area contributed by atoms with Gasteiger partial charge in [-0.1, -0.05) is 41.9 Å². The van der Waals surface area contributed by atoms with Gasteiger partial charge in [0.25, 0.3) is 5.91 Å². The van der Waals surface area contributed by atoms with E-state index < -0.39 is 17.6 Å². The fourth-order valence-electron chi connectivity index (χ4n) is 7.76. The van der Waals surface area contributed by atoms with Crippen molar-refractivity contribution in [1.82, 2.24) is 24.8 Å². The van der Waals surface area contributed by atoms with Crippen molar-refractivity contribution in [1.29, 1.82) is 0 Å². The van der Waals surface area contributed by atoms with Crippen molar-refractivity contribution in [3.05, 3.63) is 89.2 Å². The molecule has 3 aliphatic rings. The summed E-state index contributed by atoms with van der Waals surface area (Å²) < 4.78 is 38.4. The summed E-state index contributed by atoms with van der Waals surface area (Å²) in [7, 11) is 2.05. The summed E-state index contributed by atoms with van der Waals surface area (Å²) in [5, 5.41) is 12.6. The molecule has 1 N–H and O–H groups in total. The molecule has 0 radical (unpaired) electrons. The Morgan fingerprint density at radius 3 is 2.56 bits per heavy atom. The van der Waals surface area contributed by atoms with E-state index in [0.717, 1.165) is 36.2 Å². The number of pyridine rings is 1. The number of phenolic OH excluding ortho intramolecular Hbond substituents is 1. The van der Waals surface area contributed by atoms with Crippen LogP contribution in [0.5, 0.6) is 11.8 Å². The van der Waals surface area contributed by atoms with Crippen molar-refractivity contribution in [2.24, 2.45) is 0 Å². The normalized spacial score (nSPS) is 21.0. The van der Waals surface area contributed by atoms with Gasteiger partial charge in [-0.15, -0.1) is 0 Å². The van der Waals surface area contributed by atoms with Crippen LogP contribution in [0.4, 0.5) is 14.6 Å². The Kier molecular flexibility index (Phi) is 8.48. The number of nitrogens with zero attached hydrogens (tertiary/aromatic N) is 6. The number of carbonyl (C=O) groups is 1. The van der Waals surface area contributed by atoms with E-state index in [0.29, 0.717) is 55.0 Å². The summed E-state index contributed by atoms with van der Waals surface area (Å²) in [6, 6.07) is 16.9. The van der Waals surface area contributed by atoms with Crippen LogP contribution in [0.2, 0.25) is 5.02 Å². The van der Waals surface area contributed by atoms with Crippen molar-refractivity contribution >= 4 is 51.1 Å². The third kappa shape index (κ3) is 5.88. The molecular formula is C38H35ClF2N6O3. The van der Waals surface area contributed by atoms with E-state index in [4.69, 9.17) is 21.3 Å². The maximum Gasteiger partial charge on any atom is 0.319 e. The number of anilines is 1. The molecule has 256 valence electrons. The summed E-state index contributed by atoms with van der Waals surface area (Å²) >= 11 is 6.91. The van der Waals surface area contributed by atoms with E-state index >= 15 is 8.78 Å². The number of ether oxygens (including phenoxy) is 1. The van der Waals surface area contributed by atoms with E-state index in [1.165, 1.54) is 6.07 Å². The topological polar surface area (TPSA) is 94.9 Å². The average Bonchev–Trinajstić information content (AvgIpc) is 3.64. The highest BCUT2D eigenvalue weighted by molar-refractivity contribution is 6.35. The molecule has 50 heavy (non-hydrogen) atoms. The summed E-state index contributed by atoms with van der Waals surface area (Å²) in [4.78, 5) is 32.8. The number of aromatic nitrogens is 3. The fraction of sp³-hybridized carbons (Fsp3) is 0.316. The lowest BCUT2D eigenvalue weighted by molar-refractivity contribution is -0.131. The number of halogens is 3. The van der Waals surface area contributed by atoms with Gasteiger partial charge in [-0.25, -0.2) is 8.78 Å². The van der Waals surface area contributed by atoms with E-state index in [-0.39, 0.29) is 46.0 Å². The van der Waals surface area contributed by atoms with E-state index in [9.17, 15) is 9.90 Å². The Labute approximate surface area is 292 Å². The Hall–Kier alpha value is -4.87. The highest BCUT2D eigenvalue weighted by Gasteiger charge is 2.44. The number of carbonyl (C=O) groups excluding carboxylic acids is 1. The Morgan fingerprint density at radius 1 is 1.04 bits per heavy atom. The summed E-state index contributed by atoms with van der Waals surface area (Å²) in [5.41, 5.74) is 0.950. The highest BCUT2D eigenvalue weighted by Crippen LogP contribution is 2.43. The summed E-state index contributed by atoms with van der Waals surface area (Å²) in [5.74, 6) is -1.77. The van der Waals surface area contributed by atoms with Gasteiger partial charge >= 0.3 is 6.01 Å². The molecule has 8 rings (SSSR count). The molecule has 3 saturated heterocycles. The minimum absolute atomic E-state index is 0.0171. The van der Waals surface area contributed by atoms with Gasteiger partial charge in [-0.3, -0.25) is 9.78 Å². The summed E-state index contributed by atoms with van der Waals surface area (Å²) in [6.45, 7) is 2.02. The number of rotatable bonds is 7. The van der Waals surface area contributed by atoms with Gasteiger partial charge in [-0.2, -0.15) is 9.97 Å². The zero-order valence-electron chi connectivity index (χ0n) is 27.4. The van der Waals surface area contributed by atoms with Crippen LogP contribution in [0, 0.1) is 5.82 Å². The lowest BCUT2D eigenvalue weighted by Gasteiger charge is -2.41. The molecule has 0 saturated carbocycles. The van der Waals surface area contributed by atoms with E-state index in [1.807, 2.05) is 36.2 Å². The first kappa shape index (κ1) is 32.3. The number of likely N-dealkylation sites (tertiary alicyclic amines) is 1. The van der Waals surface area contributed by atoms with Gasteiger partial charge in [-0.05, 0) is 85.9 Å². The van der Waals surface area contributed by atoms with E-state index in [1.54, 1.807) is 41.4 Å². The monoisotopic (exact) mass is 696 g/mol. The zero-order chi connectivity index (χ0) is 34.5. The molecule has 5 heterocycles. The average molecular weight is 697 g/mol. The molecule has 12 heteroatoms. The molecule has 0 spiro atoms. The lowest BCUT2D eigenvalue weighted by Crippen LogP contribution is -2.56. The smallest absolute Gasteiger partial charge is 0.319 e. The number of benzene rings is 3. The van der Waals surface area contributed by atoms with Crippen LogP contribution < -0.4 is 9.64 Å². The predicted octanol–water partition coefficient (Wildman–Crippen LogP) is 7.01. The first-order valence-electron chi connectivity index (χ1n) is 16.9. The first-order valence-corrected chi connectivity index (χ1v) is 17.2. The SMILES string of the molecule is CN1CCC[C@H]1COc1nc(N2CC3CCC(C2)N3C(=O)/C(F)=C/c2ccccn2)c2cc(Cl)c(-c3cc(O)cc4ccccc34)c(F)c2n1. The maximum absolute atomic E-state index is 17.0. The Bertz CT molecular complexity index is 2140. The minimum atomic E-state index is -0.866. The van der Waals surface area contributed by atoms with Gasteiger partial charge in [0.05, 0.1) is 22.8 Å². The predicted molar refractivity (Wildman–Crippen MR) is 189 cm³/mol. The van der Waals surface area contributed by atoms with Gasteiger partial charge in [0.15, 0.2) is 11.6 Å². The second kappa shape index (κ2) is 13.1. The molecule has 1 amide bonds. The summed E-state index contributed by atoms with van der Waals surface area (Å²) in [6.07, 6.45) is 6.12. The van der Waals surface area contributed by atoms with Crippen molar-refractivity contribution in [2.75, 3.05) is 38.2 Å². The molecule has 3 aromatic carbocycles. The van der Waals surface area contributed by atoms with Crippen LogP contribution in [0.1, 0.15) is 31.4 Å². The van der Waals surface area contributed by atoms with Crippen LogP contribution in [0.15, 0.2) is 72.7 Å².